The van der Waals surface area contributed by atoms with Gasteiger partial charge in [0.05, 0.1) is 12.2 Å². The monoisotopic (exact) mass is 419 g/mol. The van der Waals surface area contributed by atoms with Gasteiger partial charge in [0.2, 0.25) is 0 Å². The number of rotatable bonds is 6. The van der Waals surface area contributed by atoms with Gasteiger partial charge < -0.3 is 5.32 Å². The van der Waals surface area contributed by atoms with Crippen molar-refractivity contribution in [1.29, 1.82) is 0 Å². The molecule has 4 aromatic rings. The molecule has 0 fully saturated rings. The molecule has 8 heteroatoms. The highest BCUT2D eigenvalue weighted by Gasteiger charge is 2.13. The molecule has 150 valence electrons. The molecular formula is C22H18ClN5O2. The highest BCUT2D eigenvalue weighted by atomic mass is 35.5. The first-order valence-electron chi connectivity index (χ1n) is 9.20. The van der Waals surface area contributed by atoms with Gasteiger partial charge in [-0.1, -0.05) is 41.9 Å². The van der Waals surface area contributed by atoms with Crippen molar-refractivity contribution >= 4 is 23.2 Å². The summed E-state index contributed by atoms with van der Waals surface area (Å²) in [5.74, 6) is 0.734. The maximum atomic E-state index is 11.5. The first-order chi connectivity index (χ1) is 14.6. The van der Waals surface area contributed by atoms with Crippen molar-refractivity contribution < 1.29 is 10.0 Å². The number of carbonyl (C=O) groups is 1. The summed E-state index contributed by atoms with van der Waals surface area (Å²) in [4.78, 5) is 16.2. The van der Waals surface area contributed by atoms with Crippen LogP contribution in [0, 0.1) is 0 Å². The third kappa shape index (κ3) is 4.32. The van der Waals surface area contributed by atoms with Gasteiger partial charge in [0.1, 0.15) is 0 Å². The van der Waals surface area contributed by atoms with Crippen LogP contribution in [0.1, 0.15) is 16.2 Å². The molecule has 0 atom stereocenters. The maximum Gasteiger partial charge on any atom is 0.274 e. The molecule has 1 heterocycles. The fourth-order valence-corrected chi connectivity index (χ4v) is 3.16. The Morgan fingerprint density at radius 1 is 1.00 bits per heavy atom. The highest BCUT2D eigenvalue weighted by molar-refractivity contribution is 6.30. The molecule has 4 rings (SSSR count). The van der Waals surface area contributed by atoms with Crippen LogP contribution in [-0.2, 0) is 6.54 Å². The standard InChI is InChI=1S/C22H18ClN5O2/c23-17-6-4-5-16(13-17)21-25-20(28(26-21)19-7-2-1-3-8-19)14-24-18-11-9-15(10-12-18)22(29)27-30/h1-13,24,30H,14H2,(H,27,29). The number of hydroxylamine groups is 1. The molecule has 0 spiro atoms. The number of benzene rings is 3. The summed E-state index contributed by atoms with van der Waals surface area (Å²) < 4.78 is 1.79. The van der Waals surface area contributed by atoms with Crippen LogP contribution in [0.5, 0.6) is 0 Å². The summed E-state index contributed by atoms with van der Waals surface area (Å²) in [5.41, 5.74) is 4.50. The van der Waals surface area contributed by atoms with E-state index < -0.39 is 5.91 Å². The molecule has 0 unspecified atom stereocenters. The van der Waals surface area contributed by atoms with Gasteiger partial charge in [0.25, 0.3) is 5.91 Å². The largest absolute Gasteiger partial charge is 0.378 e. The van der Waals surface area contributed by atoms with Gasteiger partial charge in [-0.2, -0.15) is 0 Å². The number of anilines is 1. The molecule has 0 saturated carbocycles. The van der Waals surface area contributed by atoms with Gasteiger partial charge in [-0.05, 0) is 48.5 Å². The van der Waals surface area contributed by atoms with Gasteiger partial charge >= 0.3 is 0 Å². The van der Waals surface area contributed by atoms with E-state index in [-0.39, 0.29) is 0 Å². The molecule has 7 nitrogen and oxygen atoms in total. The van der Waals surface area contributed by atoms with E-state index >= 15 is 0 Å². The number of halogens is 1. The fraction of sp³-hybridized carbons (Fsp3) is 0.0455. The molecule has 3 N–H and O–H groups in total. The van der Waals surface area contributed by atoms with Gasteiger partial charge in [-0.25, -0.2) is 15.1 Å². The number of hydrogen-bond acceptors (Lipinski definition) is 5. The van der Waals surface area contributed by atoms with Crippen molar-refractivity contribution in [3.63, 3.8) is 0 Å². The number of nitrogens with one attached hydrogen (secondary N) is 2. The minimum atomic E-state index is -0.559. The molecule has 0 saturated heterocycles. The van der Waals surface area contributed by atoms with Gasteiger partial charge in [-0.3, -0.25) is 10.0 Å². The van der Waals surface area contributed by atoms with Crippen molar-refractivity contribution in [3.8, 4) is 17.1 Å². The van der Waals surface area contributed by atoms with Crippen LogP contribution in [0.2, 0.25) is 5.02 Å². The van der Waals surface area contributed by atoms with E-state index in [0.29, 0.717) is 28.8 Å². The van der Waals surface area contributed by atoms with E-state index in [1.807, 2.05) is 54.6 Å². The molecule has 0 aliphatic rings. The summed E-state index contributed by atoms with van der Waals surface area (Å²) in [6.07, 6.45) is 0. The van der Waals surface area contributed by atoms with Gasteiger partial charge in [0.15, 0.2) is 11.6 Å². The lowest BCUT2D eigenvalue weighted by atomic mass is 10.2. The predicted molar refractivity (Wildman–Crippen MR) is 115 cm³/mol. The minimum absolute atomic E-state index is 0.360. The second-order valence-electron chi connectivity index (χ2n) is 6.48. The number of hydrogen-bond donors (Lipinski definition) is 3. The second-order valence-corrected chi connectivity index (χ2v) is 6.92. The summed E-state index contributed by atoms with van der Waals surface area (Å²) in [6, 6.07) is 23.9. The van der Waals surface area contributed by atoms with Crippen molar-refractivity contribution in [3.05, 3.63) is 95.3 Å². The zero-order valence-electron chi connectivity index (χ0n) is 15.8. The lowest BCUT2D eigenvalue weighted by molar-refractivity contribution is 0.0706. The third-order valence-electron chi connectivity index (χ3n) is 4.46. The molecule has 0 aliphatic carbocycles. The maximum absolute atomic E-state index is 11.5. The Morgan fingerprint density at radius 3 is 2.47 bits per heavy atom. The SMILES string of the molecule is O=C(NO)c1ccc(NCc2nc(-c3cccc(Cl)c3)nn2-c2ccccc2)cc1. The summed E-state index contributed by atoms with van der Waals surface area (Å²) in [6.45, 7) is 0.411. The topological polar surface area (TPSA) is 92.1 Å². The van der Waals surface area contributed by atoms with E-state index in [2.05, 4.69) is 10.4 Å². The highest BCUT2D eigenvalue weighted by Crippen LogP contribution is 2.22. The summed E-state index contributed by atoms with van der Waals surface area (Å²) in [7, 11) is 0. The lowest BCUT2D eigenvalue weighted by Crippen LogP contribution is -2.18. The second kappa shape index (κ2) is 8.77. The average Bonchev–Trinajstić information content (AvgIpc) is 3.22. The molecule has 3 aromatic carbocycles. The van der Waals surface area contributed by atoms with Crippen LogP contribution in [0.4, 0.5) is 5.69 Å². The van der Waals surface area contributed by atoms with E-state index in [1.165, 1.54) is 0 Å². The van der Waals surface area contributed by atoms with Crippen LogP contribution >= 0.6 is 11.6 Å². The van der Waals surface area contributed by atoms with E-state index in [9.17, 15) is 4.79 Å². The number of para-hydroxylation sites is 1. The zero-order chi connectivity index (χ0) is 20.9. The van der Waals surface area contributed by atoms with Crippen LogP contribution < -0.4 is 10.8 Å². The molecule has 1 aromatic heterocycles. The quantitative estimate of drug-likeness (QED) is 0.320. The first kappa shape index (κ1) is 19.6. The average molecular weight is 420 g/mol. The Bertz CT molecular complexity index is 1160. The Labute approximate surface area is 177 Å². The zero-order valence-corrected chi connectivity index (χ0v) is 16.5. The molecule has 30 heavy (non-hydrogen) atoms. The smallest absolute Gasteiger partial charge is 0.274 e. The summed E-state index contributed by atoms with van der Waals surface area (Å²) in [5, 5.41) is 17.3. The number of nitrogens with zero attached hydrogens (tertiary/aromatic N) is 3. The van der Waals surface area contributed by atoms with Gasteiger partial charge in [0, 0.05) is 21.8 Å². The Morgan fingerprint density at radius 2 is 1.77 bits per heavy atom. The van der Waals surface area contributed by atoms with Crippen LogP contribution in [0.25, 0.3) is 17.1 Å². The number of carbonyl (C=O) groups excluding carboxylic acids is 1. The van der Waals surface area contributed by atoms with Crippen molar-refractivity contribution in [2.45, 2.75) is 6.54 Å². The molecule has 1 amide bonds. The lowest BCUT2D eigenvalue weighted by Gasteiger charge is -2.08. The van der Waals surface area contributed by atoms with E-state index in [4.69, 9.17) is 21.8 Å². The first-order valence-corrected chi connectivity index (χ1v) is 9.57. The van der Waals surface area contributed by atoms with Crippen LogP contribution in [-0.4, -0.2) is 25.9 Å². The van der Waals surface area contributed by atoms with E-state index in [1.54, 1.807) is 34.4 Å². The van der Waals surface area contributed by atoms with Crippen molar-refractivity contribution in [2.24, 2.45) is 0 Å². The number of amides is 1. The summed E-state index contributed by atoms with van der Waals surface area (Å²) >= 11 is 6.13. The van der Waals surface area contributed by atoms with Gasteiger partial charge in [-0.15, -0.1) is 5.10 Å². The molecule has 0 bridgehead atoms. The van der Waals surface area contributed by atoms with E-state index in [0.717, 1.165) is 16.9 Å². The number of aromatic nitrogens is 3. The molecule has 0 aliphatic heterocycles. The predicted octanol–water partition coefficient (Wildman–Crippen LogP) is 4.32. The van der Waals surface area contributed by atoms with Crippen molar-refractivity contribution in [1.82, 2.24) is 20.2 Å². The normalized spacial score (nSPS) is 10.6. The Balaban J connectivity index is 1.62. The van der Waals surface area contributed by atoms with Crippen molar-refractivity contribution in [2.75, 3.05) is 5.32 Å². The molecule has 0 radical (unpaired) electrons. The Hall–Kier alpha value is -3.68. The fourth-order valence-electron chi connectivity index (χ4n) is 2.97. The minimum Gasteiger partial charge on any atom is -0.378 e. The van der Waals surface area contributed by atoms with Crippen LogP contribution in [0.3, 0.4) is 0 Å². The molecular weight excluding hydrogens is 402 g/mol. The third-order valence-corrected chi connectivity index (χ3v) is 4.69. The Kier molecular flexibility index (Phi) is 5.74. The van der Waals surface area contributed by atoms with Crippen LogP contribution in [0.15, 0.2) is 78.9 Å².